The Morgan fingerprint density at radius 3 is 1.00 bits per heavy atom. The molecular weight excluding hydrogens is 423 g/mol. The van der Waals surface area contributed by atoms with Crippen molar-refractivity contribution in [1.29, 1.82) is 0 Å². The van der Waals surface area contributed by atoms with Crippen molar-refractivity contribution in [3.63, 3.8) is 0 Å². The predicted molar refractivity (Wildman–Crippen MR) is 84.7 cm³/mol. The average molecular weight is 451 g/mol. The summed E-state index contributed by atoms with van der Waals surface area (Å²) in [7, 11) is 6.57. The van der Waals surface area contributed by atoms with E-state index >= 15 is 0 Å². The van der Waals surface area contributed by atoms with E-state index in [9.17, 15) is 19.2 Å². The molecule has 1 radical (unpaired) electrons. The molecule has 23 heavy (non-hydrogen) atoms. The molecule has 2 rings (SSSR count). The maximum absolute atomic E-state index is 10.8. The van der Waals surface area contributed by atoms with Crippen molar-refractivity contribution in [2.75, 3.05) is 0 Å². The second-order valence-electron chi connectivity index (χ2n) is 4.53. The number of hydrogen-bond acceptors (Lipinski definition) is 4. The summed E-state index contributed by atoms with van der Waals surface area (Å²) < 4.78 is 0. The first-order chi connectivity index (χ1) is 10.3. The molecule has 4 amide bonds. The molecule has 2 fully saturated rings. The van der Waals surface area contributed by atoms with Gasteiger partial charge in [-0.15, -0.1) is 0 Å². The third kappa shape index (κ3) is 8.22. The average Bonchev–Trinajstić information content (AvgIpc) is 2.88. The van der Waals surface area contributed by atoms with Crippen molar-refractivity contribution < 1.29 is 54.8 Å². The number of rotatable bonds is 0. The number of hydrogen-bond donors (Lipinski definition) is 0. The van der Waals surface area contributed by atoms with E-state index in [4.69, 9.17) is 0 Å². The van der Waals surface area contributed by atoms with Gasteiger partial charge >= 0.3 is 0 Å². The van der Waals surface area contributed by atoms with Crippen molar-refractivity contribution >= 4 is 23.6 Å². The number of carbonyl (C=O) groups excluding carboxylic acids is 4. The van der Waals surface area contributed by atoms with Crippen molar-refractivity contribution in [2.45, 2.75) is 54.4 Å². The van der Waals surface area contributed by atoms with Crippen LogP contribution in [0.5, 0.6) is 0 Å². The van der Waals surface area contributed by atoms with Gasteiger partial charge in [-0.05, 0) is 0 Å². The molecule has 6 nitrogen and oxygen atoms in total. The molecule has 0 aromatic heterocycles. The Labute approximate surface area is 167 Å². The van der Waals surface area contributed by atoms with Crippen LogP contribution < -0.4 is 0 Å². The summed E-state index contributed by atoms with van der Waals surface area (Å²) in [5.74, 6) is -0.995. The zero-order chi connectivity index (χ0) is 18.0. The number of imide groups is 2. The summed E-state index contributed by atoms with van der Waals surface area (Å²) in [6.07, 6.45) is 0.644. The molecule has 2 unspecified atom stereocenters. The Bertz CT molecular complexity index is 375. The first-order valence-corrected chi connectivity index (χ1v) is 7.60. The third-order valence-corrected chi connectivity index (χ3v) is 2.94. The maximum Gasteiger partial charge on any atom is 0.202 e. The molecule has 2 atom stereocenters. The van der Waals surface area contributed by atoms with Gasteiger partial charge in [0.25, 0.3) is 0 Å². The number of amides is 4. The maximum atomic E-state index is 10.8. The molecule has 2 heterocycles. The van der Waals surface area contributed by atoms with E-state index in [0.717, 1.165) is 9.80 Å². The van der Waals surface area contributed by atoms with Crippen molar-refractivity contribution in [1.82, 2.24) is 9.80 Å². The quantitative estimate of drug-likeness (QED) is 0.419. The molecule has 131 valence electrons. The van der Waals surface area contributed by atoms with Crippen LogP contribution in [0.3, 0.4) is 0 Å². The van der Waals surface area contributed by atoms with Crippen LogP contribution >= 0.6 is 0 Å². The number of nitrogens with zero attached hydrogens (tertiary/aromatic N) is 2. The van der Waals surface area contributed by atoms with Crippen LogP contribution in [0.1, 0.15) is 54.4 Å². The number of likely N-dealkylation sites (tertiary alicyclic amines) is 2. The van der Waals surface area contributed by atoms with Crippen LogP contribution in [0.25, 0.3) is 0 Å². The molecule has 0 N–H and O–H groups in total. The van der Waals surface area contributed by atoms with E-state index in [1.807, 2.05) is 27.7 Å². The zero-order valence-corrected chi connectivity index (χ0v) is 18.7. The van der Waals surface area contributed by atoms with E-state index in [1.165, 1.54) is 0 Å². The van der Waals surface area contributed by atoms with Crippen LogP contribution in [0.15, 0.2) is 0 Å². The van der Waals surface area contributed by atoms with Gasteiger partial charge in [-0.25, -0.2) is 14.1 Å². The minimum atomic E-state index is -0.174. The van der Waals surface area contributed by atoms with Gasteiger partial charge in [0.2, 0.25) is 11.8 Å². The van der Waals surface area contributed by atoms with Gasteiger partial charge in [0.1, 0.15) is 0 Å². The summed E-state index contributed by atoms with van der Waals surface area (Å²) in [6, 6.07) is 0. The van der Waals surface area contributed by atoms with Gasteiger partial charge in [-0.3, -0.25) is 19.2 Å². The molecule has 2 saturated heterocycles. The van der Waals surface area contributed by atoms with Crippen LogP contribution in [0, 0.1) is 61.5 Å². The Morgan fingerprint density at radius 1 is 0.739 bits per heavy atom. The van der Waals surface area contributed by atoms with Gasteiger partial charge in [0.15, 0.2) is 11.8 Å². The summed E-state index contributed by atoms with van der Waals surface area (Å²) >= 11 is 0. The predicted octanol–water partition coefficient (Wildman–Crippen LogP) is 2.40. The van der Waals surface area contributed by atoms with Gasteiger partial charge in [0, 0.05) is 60.3 Å². The second kappa shape index (κ2) is 13.9. The minimum absolute atomic E-state index is 0. The molecule has 2 aliphatic rings. The smallest absolute Gasteiger partial charge is 0.202 e. The van der Waals surface area contributed by atoms with E-state index in [-0.39, 0.29) is 71.1 Å². The van der Waals surface area contributed by atoms with Crippen molar-refractivity contribution in [3.8, 4) is 0 Å². The Balaban J connectivity index is -0.000000276. The SMILES string of the molecule is CC.CC.[CH2-]N1C(=O)CC(C)C1=O.[CH2-]N1C(=O)CC(C)C1=O.[La]. The van der Waals surface area contributed by atoms with Gasteiger partial charge < -0.3 is 9.80 Å². The standard InChI is InChI=1S/2C6H8NO2.2C2H6.La/c2*1-4-3-5(8)7(2)6(4)9;2*1-2;/h2*4H,2-3H2,1H3;2*1-2H3;/q2*-1;;;. The van der Waals surface area contributed by atoms with Crippen molar-refractivity contribution in [2.24, 2.45) is 11.8 Å². The molecule has 0 bridgehead atoms. The molecule has 0 saturated carbocycles. The van der Waals surface area contributed by atoms with E-state index in [1.54, 1.807) is 13.8 Å². The monoisotopic (exact) mass is 451 g/mol. The first-order valence-electron chi connectivity index (χ1n) is 7.60. The second-order valence-corrected chi connectivity index (χ2v) is 4.53. The molecule has 0 aliphatic carbocycles. The fraction of sp³-hybridized carbons (Fsp3) is 0.625. The van der Waals surface area contributed by atoms with Gasteiger partial charge in [-0.2, -0.15) is 0 Å². The van der Waals surface area contributed by atoms with E-state index in [2.05, 4.69) is 14.1 Å². The summed E-state index contributed by atoms with van der Waals surface area (Å²) in [5.41, 5.74) is 0. The van der Waals surface area contributed by atoms with E-state index < -0.39 is 0 Å². The van der Waals surface area contributed by atoms with Crippen LogP contribution in [0.2, 0.25) is 0 Å². The Kier molecular flexibility index (Phi) is 16.5. The van der Waals surface area contributed by atoms with Crippen LogP contribution in [-0.4, -0.2) is 33.4 Å². The largest absolute Gasteiger partial charge is 0.438 e. The fourth-order valence-electron chi connectivity index (χ4n) is 1.70. The van der Waals surface area contributed by atoms with Crippen LogP contribution in [-0.2, 0) is 19.2 Å². The molecule has 2 aliphatic heterocycles. The normalized spacial score (nSPS) is 22.3. The third-order valence-electron chi connectivity index (χ3n) is 2.94. The Hall–Kier alpha value is -0.525. The summed E-state index contributed by atoms with van der Waals surface area (Å²) in [6.45, 7) is 11.5. The van der Waals surface area contributed by atoms with Crippen molar-refractivity contribution in [3.05, 3.63) is 14.1 Å². The molecular formula is C16H28LaN2O4-2. The molecule has 0 spiro atoms. The molecule has 7 heteroatoms. The molecule has 0 aromatic carbocycles. The van der Waals surface area contributed by atoms with Gasteiger partial charge in [0.05, 0.1) is 0 Å². The molecule has 0 aromatic rings. The topological polar surface area (TPSA) is 74.8 Å². The van der Waals surface area contributed by atoms with E-state index in [0.29, 0.717) is 12.8 Å². The summed E-state index contributed by atoms with van der Waals surface area (Å²) in [5, 5.41) is 0. The zero-order valence-electron chi connectivity index (χ0n) is 15.1. The first kappa shape index (κ1) is 27.3. The number of carbonyl (C=O) groups is 4. The van der Waals surface area contributed by atoms with Crippen LogP contribution in [0.4, 0.5) is 0 Å². The van der Waals surface area contributed by atoms with Gasteiger partial charge in [-0.1, -0.05) is 41.5 Å². The minimum Gasteiger partial charge on any atom is -0.438 e. The fourth-order valence-corrected chi connectivity index (χ4v) is 1.70. The summed E-state index contributed by atoms with van der Waals surface area (Å²) in [4.78, 5) is 44.7. The Morgan fingerprint density at radius 2 is 0.957 bits per heavy atom.